The molecule has 27 rings (SSSR count). The first-order valence-corrected chi connectivity index (χ1v) is 42.2. The number of hydrogen-bond donors (Lipinski definition) is 0. The minimum Gasteiger partial charge on any atom is -0.277 e. The lowest BCUT2D eigenvalue weighted by molar-refractivity contribution is 1.12. The van der Waals surface area contributed by atoms with E-state index in [9.17, 15) is 0 Å². The molecule has 125 heavy (non-hydrogen) atoms. The number of anilines is 9. The van der Waals surface area contributed by atoms with Crippen LogP contribution in [0.2, 0.25) is 0 Å². The van der Waals surface area contributed by atoms with E-state index in [4.69, 9.17) is 39.9 Å². The summed E-state index contributed by atoms with van der Waals surface area (Å²) in [7, 11) is 0. The zero-order valence-electron chi connectivity index (χ0n) is 66.8. The molecule has 12 heteroatoms. The van der Waals surface area contributed by atoms with Crippen LogP contribution in [0, 0.1) is 0 Å². The molecule has 0 saturated carbocycles. The van der Waals surface area contributed by atoms with E-state index >= 15 is 0 Å². The molecule has 0 atom stereocenters. The van der Waals surface area contributed by atoms with Crippen molar-refractivity contribution in [3.05, 3.63) is 389 Å². The van der Waals surface area contributed by atoms with Crippen molar-refractivity contribution in [2.75, 3.05) is 14.7 Å². The number of benzene rings is 18. The smallest absolute Gasteiger partial charge is 0.235 e. The highest BCUT2D eigenvalue weighted by Crippen LogP contribution is 2.60. The van der Waals surface area contributed by atoms with Gasteiger partial charge in [-0.15, -0.1) is 0 Å². The molecule has 18 aromatic carbocycles. The highest BCUT2D eigenvalue weighted by atomic mass is 15.3. The van der Waals surface area contributed by atoms with E-state index in [1.165, 1.54) is 16.3 Å². The monoisotopic (exact) mass is 1590 g/mol. The van der Waals surface area contributed by atoms with Crippen molar-refractivity contribution in [1.29, 1.82) is 0 Å². The van der Waals surface area contributed by atoms with Crippen LogP contribution in [0.4, 0.5) is 52.0 Å². The van der Waals surface area contributed by atoms with Gasteiger partial charge in [-0.05, 0) is 150 Å². The molecule has 0 N–H and O–H groups in total. The fourth-order valence-corrected chi connectivity index (χ4v) is 20.4. The van der Waals surface area contributed by atoms with Gasteiger partial charge in [0.25, 0.3) is 0 Å². The third-order valence-corrected chi connectivity index (χ3v) is 25.9. The minimum atomic E-state index is 0.546. The first-order chi connectivity index (χ1) is 62.0. The van der Waals surface area contributed by atoms with Crippen LogP contribution >= 0.6 is 0 Å². The fourth-order valence-electron chi connectivity index (χ4n) is 20.4. The zero-order valence-corrected chi connectivity index (χ0v) is 66.8. The van der Waals surface area contributed by atoms with Gasteiger partial charge in [-0.25, -0.2) is 29.9 Å². The molecule has 576 valence electrons. The van der Waals surface area contributed by atoms with Gasteiger partial charge in [0.05, 0.1) is 78.8 Å². The number of pyridine rings is 3. The first kappa shape index (κ1) is 68.8. The molecule has 0 aliphatic carbocycles. The second-order valence-corrected chi connectivity index (χ2v) is 32.7. The molecule has 0 saturated heterocycles. The maximum absolute atomic E-state index is 5.75. The highest BCUT2D eigenvalue weighted by molar-refractivity contribution is 6.25. The molecular weight excluding hydrogens is 1530 g/mol. The Bertz CT molecular complexity index is 8840. The predicted molar refractivity (Wildman–Crippen MR) is 513 cm³/mol. The van der Waals surface area contributed by atoms with Gasteiger partial charge in [0.2, 0.25) is 17.8 Å². The molecule has 0 bridgehead atoms. The molecule has 12 nitrogen and oxygen atoms in total. The minimum absolute atomic E-state index is 0.546. The second kappa shape index (κ2) is 26.7. The van der Waals surface area contributed by atoms with Crippen molar-refractivity contribution < 1.29 is 0 Å². The quantitative estimate of drug-likeness (QED) is 0.137. The molecule has 0 spiro atoms. The predicted octanol–water partition coefficient (Wildman–Crippen LogP) is 29.3. The van der Waals surface area contributed by atoms with Crippen molar-refractivity contribution in [3.8, 4) is 101 Å². The Morgan fingerprint density at radius 1 is 0.192 bits per heavy atom. The van der Waals surface area contributed by atoms with E-state index in [0.29, 0.717) is 17.8 Å². The zero-order chi connectivity index (χ0) is 81.6. The van der Waals surface area contributed by atoms with Crippen molar-refractivity contribution in [2.45, 2.75) is 0 Å². The van der Waals surface area contributed by atoms with Crippen LogP contribution in [0.1, 0.15) is 0 Å². The number of rotatable bonds is 9. The number of aromatic nitrogens is 9. The fraction of sp³-hybridized carbons (Fsp3) is 0. The van der Waals surface area contributed by atoms with Gasteiger partial charge >= 0.3 is 0 Å². The molecule has 0 unspecified atom stereocenters. The van der Waals surface area contributed by atoms with Crippen LogP contribution in [-0.4, -0.2) is 44.9 Å². The maximum atomic E-state index is 5.75. The van der Waals surface area contributed by atoms with Gasteiger partial charge in [0.1, 0.15) is 0 Å². The Hall–Kier alpha value is -17.1. The Labute approximate surface area is 715 Å². The molecular formula is C113H64N12. The van der Waals surface area contributed by atoms with Crippen molar-refractivity contribution >= 4 is 171 Å². The summed E-state index contributed by atoms with van der Waals surface area (Å²) in [5.74, 6) is 1.71. The van der Waals surface area contributed by atoms with Crippen molar-refractivity contribution in [1.82, 2.24) is 44.9 Å². The van der Waals surface area contributed by atoms with Crippen LogP contribution in [-0.2, 0) is 0 Å². The molecule has 3 aliphatic rings. The van der Waals surface area contributed by atoms with E-state index in [1.54, 1.807) is 0 Å². The first-order valence-electron chi connectivity index (χ1n) is 42.2. The summed E-state index contributed by atoms with van der Waals surface area (Å²) in [5.41, 5.74) is 28.5. The van der Waals surface area contributed by atoms with Crippen LogP contribution in [0.3, 0.4) is 0 Å². The van der Waals surface area contributed by atoms with E-state index < -0.39 is 0 Å². The lowest BCUT2D eigenvalue weighted by Crippen LogP contribution is -2.19. The molecule has 0 radical (unpaired) electrons. The maximum Gasteiger partial charge on any atom is 0.235 e. The number of hydrogen-bond acceptors (Lipinski definition) is 12. The van der Waals surface area contributed by atoms with Crippen molar-refractivity contribution in [2.24, 2.45) is 0 Å². The van der Waals surface area contributed by atoms with Gasteiger partial charge in [-0.2, -0.15) is 0 Å². The standard InChI is InChI=1S/C113H64N12/c1-3-28-80-65(19-1)48-50-86-83-35-11-21-68-23-15-42-97(100(68)83)123(108(80)86)111-117-94-39-8-5-30-89(94)105(120-111)71-46-44-67(45-47-71)79-34-14-26-73-59-77(64-116-104(73)79)74-60-76-61-75(63-99-102(76)93(62-74)88-51-49-66-20-2-4-29-81(66)109(88)125(99)112-118-95-40-9-6-31-90(95)106(121-112)72-54-57-114-58-55-72)78-33-17-37-85-82(78)52-53-87-84-36-12-22-69-24-16-43-98(101(69)84)124(110(85)87)113-119-96-41-10-7-32-91(96)107(122-113)92-38-13-25-70-27-18-56-115-103(70)92/h1-64H. The van der Waals surface area contributed by atoms with Gasteiger partial charge in [-0.1, -0.05) is 285 Å². The molecule has 9 heterocycles. The van der Waals surface area contributed by atoms with E-state index in [0.717, 1.165) is 237 Å². The van der Waals surface area contributed by atoms with Crippen LogP contribution < -0.4 is 14.7 Å². The normalized spacial score (nSPS) is 12.6. The van der Waals surface area contributed by atoms with Gasteiger partial charge < -0.3 is 0 Å². The van der Waals surface area contributed by atoms with E-state index in [-0.39, 0.29) is 0 Å². The average molecular weight is 1590 g/mol. The SMILES string of the molecule is c1ccc2c3c(ccc2c1)-c1cccc2cccc(c12)N3c1nc(-c2ccc(-c3cccc4cc(-c5cc6c7c(cc(-c8cccc9c%10c(ccc89)-c8cccc9cccc(c89)N%10c8nc(-c9cccc%10cccnc9%10)c9ccccc9n8)cc7c5)N(c5nc(-c7ccncc7)c7ccccc7n5)c5c-6ccc6ccccc56)cnc34)cc2)c2ccccc2n1. The van der Waals surface area contributed by atoms with Crippen molar-refractivity contribution in [3.63, 3.8) is 0 Å². The summed E-state index contributed by atoms with van der Waals surface area (Å²) in [6, 6.07) is 131. The topological polar surface area (TPSA) is 126 Å². The largest absolute Gasteiger partial charge is 0.277 e. The van der Waals surface area contributed by atoms with Crippen LogP contribution in [0.25, 0.3) is 220 Å². The highest BCUT2D eigenvalue weighted by Gasteiger charge is 2.36. The summed E-state index contributed by atoms with van der Waals surface area (Å²) >= 11 is 0. The molecule has 0 amide bonds. The second-order valence-electron chi connectivity index (χ2n) is 32.7. The Kier molecular flexibility index (Phi) is 14.7. The summed E-state index contributed by atoms with van der Waals surface area (Å²) in [4.78, 5) is 55.7. The van der Waals surface area contributed by atoms with Gasteiger partial charge in [0.15, 0.2) is 0 Å². The lowest BCUT2D eigenvalue weighted by atomic mass is 9.84. The lowest BCUT2D eigenvalue weighted by Gasteiger charge is -2.34. The molecule has 24 aromatic rings. The third-order valence-electron chi connectivity index (χ3n) is 25.9. The third kappa shape index (κ3) is 10.4. The average Bonchev–Trinajstić information content (AvgIpc) is 0.683. The van der Waals surface area contributed by atoms with Crippen LogP contribution in [0.5, 0.6) is 0 Å². The Morgan fingerprint density at radius 3 is 1.26 bits per heavy atom. The molecule has 3 aliphatic heterocycles. The van der Waals surface area contributed by atoms with E-state index in [2.05, 4.69) is 372 Å². The summed E-state index contributed by atoms with van der Waals surface area (Å²) < 4.78 is 0. The van der Waals surface area contributed by atoms with Crippen LogP contribution in [0.15, 0.2) is 389 Å². The number of fused-ring (bicyclic) bond motifs is 17. The summed E-state index contributed by atoms with van der Waals surface area (Å²) in [6.45, 7) is 0. The number of nitrogens with zero attached hydrogens (tertiary/aromatic N) is 12. The van der Waals surface area contributed by atoms with E-state index in [1.807, 2.05) is 36.8 Å². The Balaban J connectivity index is 0.638. The Morgan fingerprint density at radius 2 is 0.624 bits per heavy atom. The summed E-state index contributed by atoms with van der Waals surface area (Å²) in [5, 5.41) is 18.2. The number of para-hydroxylation sites is 5. The van der Waals surface area contributed by atoms with Gasteiger partial charge in [0, 0.05) is 129 Å². The molecule has 6 aromatic heterocycles. The summed E-state index contributed by atoms with van der Waals surface area (Å²) in [6.07, 6.45) is 7.60. The van der Waals surface area contributed by atoms with Gasteiger partial charge in [-0.3, -0.25) is 29.7 Å². The molecule has 0 fully saturated rings.